The van der Waals surface area contributed by atoms with E-state index in [-0.39, 0.29) is 5.75 Å². The predicted molar refractivity (Wildman–Crippen MR) is 55.9 cm³/mol. The Balaban J connectivity index is 2.80. The predicted octanol–water partition coefficient (Wildman–Crippen LogP) is 1.47. The standard InChI is InChI=1S/C10H12N2O3/c1-7(11-12-10(14)15-2)8-5-3-4-6-9(8)13/h3-6,13H,1-2H3,(H,12,14)/b11-7+. The molecule has 15 heavy (non-hydrogen) atoms. The number of nitrogens with zero attached hydrogens (tertiary/aromatic N) is 1. The van der Waals surface area contributed by atoms with Crippen LogP contribution in [0.4, 0.5) is 4.79 Å². The van der Waals surface area contributed by atoms with Crippen molar-refractivity contribution in [2.45, 2.75) is 6.92 Å². The maximum absolute atomic E-state index is 10.7. The first-order chi connectivity index (χ1) is 7.15. The summed E-state index contributed by atoms with van der Waals surface area (Å²) in [4.78, 5) is 10.7. The second-order valence-corrected chi connectivity index (χ2v) is 2.82. The second kappa shape index (κ2) is 4.99. The van der Waals surface area contributed by atoms with E-state index in [9.17, 15) is 9.90 Å². The molecule has 0 saturated carbocycles. The van der Waals surface area contributed by atoms with Gasteiger partial charge >= 0.3 is 6.09 Å². The summed E-state index contributed by atoms with van der Waals surface area (Å²) in [5.41, 5.74) is 3.24. The zero-order chi connectivity index (χ0) is 11.3. The fraction of sp³-hybridized carbons (Fsp3) is 0.200. The molecule has 0 spiro atoms. The van der Waals surface area contributed by atoms with E-state index in [0.717, 1.165) is 0 Å². The van der Waals surface area contributed by atoms with Crippen LogP contribution in [-0.4, -0.2) is 24.0 Å². The minimum atomic E-state index is -0.648. The lowest BCUT2D eigenvalue weighted by Crippen LogP contribution is -2.18. The van der Waals surface area contributed by atoms with Crippen LogP contribution in [0.15, 0.2) is 29.4 Å². The number of hydrogen-bond donors (Lipinski definition) is 2. The van der Waals surface area contributed by atoms with E-state index >= 15 is 0 Å². The van der Waals surface area contributed by atoms with Crippen LogP contribution in [0.5, 0.6) is 5.75 Å². The zero-order valence-electron chi connectivity index (χ0n) is 8.52. The van der Waals surface area contributed by atoms with Gasteiger partial charge in [0.2, 0.25) is 0 Å². The number of carbonyl (C=O) groups is 1. The summed E-state index contributed by atoms with van der Waals surface area (Å²) in [6, 6.07) is 6.73. The molecule has 0 radical (unpaired) electrons. The largest absolute Gasteiger partial charge is 0.507 e. The van der Waals surface area contributed by atoms with E-state index < -0.39 is 6.09 Å². The van der Waals surface area contributed by atoms with Crippen molar-refractivity contribution in [2.75, 3.05) is 7.11 Å². The summed E-state index contributed by atoms with van der Waals surface area (Å²) in [5, 5.41) is 13.2. The molecular formula is C10H12N2O3. The Hall–Kier alpha value is -2.04. The van der Waals surface area contributed by atoms with Gasteiger partial charge in [0, 0.05) is 5.56 Å². The molecule has 1 aromatic carbocycles. The highest BCUT2D eigenvalue weighted by Crippen LogP contribution is 2.15. The number of aromatic hydroxyl groups is 1. The highest BCUT2D eigenvalue weighted by atomic mass is 16.5. The summed E-state index contributed by atoms with van der Waals surface area (Å²) in [5.74, 6) is 0.116. The zero-order valence-corrected chi connectivity index (χ0v) is 8.52. The summed E-state index contributed by atoms with van der Waals surface area (Å²) in [7, 11) is 1.25. The Kier molecular flexibility index (Phi) is 3.68. The maximum atomic E-state index is 10.7. The average Bonchev–Trinajstić information content (AvgIpc) is 2.26. The van der Waals surface area contributed by atoms with Crippen molar-refractivity contribution in [3.63, 3.8) is 0 Å². The molecule has 0 aromatic heterocycles. The van der Waals surface area contributed by atoms with Crippen LogP contribution < -0.4 is 5.43 Å². The number of phenolic OH excluding ortho intramolecular Hbond substituents is 1. The normalized spacial score (nSPS) is 10.9. The molecule has 1 rings (SSSR count). The first-order valence-electron chi connectivity index (χ1n) is 4.31. The molecule has 0 heterocycles. The van der Waals surface area contributed by atoms with Gasteiger partial charge < -0.3 is 9.84 Å². The molecule has 0 fully saturated rings. The van der Waals surface area contributed by atoms with Crippen LogP contribution >= 0.6 is 0 Å². The van der Waals surface area contributed by atoms with E-state index in [2.05, 4.69) is 15.3 Å². The van der Waals surface area contributed by atoms with Crippen molar-refractivity contribution in [1.29, 1.82) is 0 Å². The van der Waals surface area contributed by atoms with Crippen LogP contribution in [0.2, 0.25) is 0 Å². The van der Waals surface area contributed by atoms with E-state index in [1.54, 1.807) is 31.2 Å². The molecule has 0 saturated heterocycles. The Labute approximate surface area is 87.4 Å². The number of ether oxygens (including phenoxy) is 1. The summed E-state index contributed by atoms with van der Waals surface area (Å²) in [6.45, 7) is 1.67. The number of carbonyl (C=O) groups excluding carboxylic acids is 1. The molecule has 0 unspecified atom stereocenters. The van der Waals surface area contributed by atoms with E-state index in [4.69, 9.17) is 0 Å². The summed E-state index contributed by atoms with van der Waals surface area (Å²) < 4.78 is 4.35. The van der Waals surface area contributed by atoms with Crippen LogP contribution in [-0.2, 0) is 4.74 Å². The van der Waals surface area contributed by atoms with Gasteiger partial charge in [-0.05, 0) is 19.1 Å². The number of methoxy groups -OCH3 is 1. The highest BCUT2D eigenvalue weighted by Gasteiger charge is 2.03. The first-order valence-corrected chi connectivity index (χ1v) is 4.31. The van der Waals surface area contributed by atoms with Gasteiger partial charge in [0.15, 0.2) is 0 Å². The lowest BCUT2D eigenvalue weighted by molar-refractivity contribution is 0.171. The van der Waals surface area contributed by atoms with Crippen molar-refractivity contribution < 1.29 is 14.6 Å². The Morgan fingerprint density at radius 2 is 2.13 bits per heavy atom. The van der Waals surface area contributed by atoms with Crippen molar-refractivity contribution in [1.82, 2.24) is 5.43 Å². The quantitative estimate of drug-likeness (QED) is 0.571. The van der Waals surface area contributed by atoms with Gasteiger partial charge in [-0.1, -0.05) is 12.1 Å². The number of nitrogens with one attached hydrogen (secondary N) is 1. The van der Waals surface area contributed by atoms with Crippen molar-refractivity contribution in [3.05, 3.63) is 29.8 Å². The molecule has 0 aliphatic heterocycles. The van der Waals surface area contributed by atoms with Gasteiger partial charge in [-0.3, -0.25) is 0 Å². The Bertz CT molecular complexity index is 388. The minimum absolute atomic E-state index is 0.116. The summed E-state index contributed by atoms with van der Waals surface area (Å²) >= 11 is 0. The molecule has 0 aliphatic carbocycles. The first kappa shape index (κ1) is 11.0. The Morgan fingerprint density at radius 3 is 2.73 bits per heavy atom. The number of hydrogen-bond acceptors (Lipinski definition) is 4. The van der Waals surface area contributed by atoms with Crippen LogP contribution in [0.3, 0.4) is 0 Å². The maximum Gasteiger partial charge on any atom is 0.427 e. The monoisotopic (exact) mass is 208 g/mol. The summed E-state index contributed by atoms with van der Waals surface area (Å²) in [6.07, 6.45) is -0.648. The number of amides is 1. The van der Waals surface area contributed by atoms with Gasteiger partial charge in [-0.15, -0.1) is 0 Å². The number of phenols is 1. The third kappa shape index (κ3) is 2.98. The fourth-order valence-electron chi connectivity index (χ4n) is 1.01. The number of rotatable bonds is 2. The average molecular weight is 208 g/mol. The lowest BCUT2D eigenvalue weighted by atomic mass is 10.1. The van der Waals surface area contributed by atoms with E-state index in [1.165, 1.54) is 7.11 Å². The molecule has 80 valence electrons. The second-order valence-electron chi connectivity index (χ2n) is 2.82. The SMILES string of the molecule is COC(=O)N/N=C(\C)c1ccccc1O. The Morgan fingerprint density at radius 1 is 1.47 bits per heavy atom. The lowest BCUT2D eigenvalue weighted by Gasteiger charge is -2.03. The van der Waals surface area contributed by atoms with Gasteiger partial charge in [-0.2, -0.15) is 5.10 Å². The number of para-hydroxylation sites is 1. The molecule has 2 N–H and O–H groups in total. The van der Waals surface area contributed by atoms with Crippen LogP contribution in [0.25, 0.3) is 0 Å². The molecule has 1 amide bonds. The number of benzene rings is 1. The smallest absolute Gasteiger partial charge is 0.427 e. The topological polar surface area (TPSA) is 70.9 Å². The molecular weight excluding hydrogens is 196 g/mol. The third-order valence-corrected chi connectivity index (χ3v) is 1.79. The van der Waals surface area contributed by atoms with Gasteiger partial charge in [0.1, 0.15) is 5.75 Å². The molecule has 1 aromatic rings. The van der Waals surface area contributed by atoms with Crippen LogP contribution in [0, 0.1) is 0 Å². The number of hydrazone groups is 1. The van der Waals surface area contributed by atoms with Crippen molar-refractivity contribution in [2.24, 2.45) is 5.10 Å². The van der Waals surface area contributed by atoms with Gasteiger partial charge in [0.25, 0.3) is 0 Å². The third-order valence-electron chi connectivity index (χ3n) is 1.79. The van der Waals surface area contributed by atoms with Gasteiger partial charge in [0.05, 0.1) is 12.8 Å². The molecule has 0 bridgehead atoms. The van der Waals surface area contributed by atoms with Gasteiger partial charge in [-0.25, -0.2) is 10.2 Å². The van der Waals surface area contributed by atoms with Crippen LogP contribution in [0.1, 0.15) is 12.5 Å². The molecule has 5 nitrogen and oxygen atoms in total. The molecule has 0 atom stereocenters. The molecule has 0 aliphatic rings. The van der Waals surface area contributed by atoms with E-state index in [0.29, 0.717) is 11.3 Å². The van der Waals surface area contributed by atoms with Crippen molar-refractivity contribution in [3.8, 4) is 5.75 Å². The van der Waals surface area contributed by atoms with E-state index in [1.807, 2.05) is 0 Å². The van der Waals surface area contributed by atoms with Crippen molar-refractivity contribution >= 4 is 11.8 Å². The molecule has 5 heteroatoms. The fourth-order valence-corrected chi connectivity index (χ4v) is 1.01. The highest BCUT2D eigenvalue weighted by molar-refractivity contribution is 6.01. The minimum Gasteiger partial charge on any atom is -0.507 e.